The Labute approximate surface area is 177 Å². The molecule has 1 aliphatic rings. The number of nitrogens with zero attached hydrogens (tertiary/aromatic N) is 2. The summed E-state index contributed by atoms with van der Waals surface area (Å²) in [4.78, 5) is 17.9. The zero-order chi connectivity index (χ0) is 21.6. The number of nitriles is 1. The first-order valence-corrected chi connectivity index (χ1v) is 10.1. The molecule has 0 saturated heterocycles. The highest BCUT2D eigenvalue weighted by atomic mass is 16.6. The van der Waals surface area contributed by atoms with E-state index in [-0.39, 0.29) is 17.3 Å². The molecule has 30 heavy (non-hydrogen) atoms. The summed E-state index contributed by atoms with van der Waals surface area (Å²) in [7, 11) is 0. The van der Waals surface area contributed by atoms with E-state index in [4.69, 9.17) is 14.3 Å². The third-order valence-corrected chi connectivity index (χ3v) is 5.25. The molecule has 6 heteroatoms. The lowest BCUT2D eigenvalue weighted by atomic mass is 10.1. The highest BCUT2D eigenvalue weighted by Crippen LogP contribution is 2.58. The van der Waals surface area contributed by atoms with Crippen molar-refractivity contribution >= 4 is 12.2 Å². The highest BCUT2D eigenvalue weighted by Gasteiger charge is 2.62. The van der Waals surface area contributed by atoms with Gasteiger partial charge in [-0.2, -0.15) is 5.26 Å². The van der Waals surface area contributed by atoms with Gasteiger partial charge in [0.05, 0.1) is 5.92 Å². The van der Waals surface area contributed by atoms with Crippen molar-refractivity contribution in [3.63, 3.8) is 0 Å². The summed E-state index contributed by atoms with van der Waals surface area (Å²) in [6.07, 6.45) is 1.52. The third-order valence-electron chi connectivity index (χ3n) is 5.25. The van der Waals surface area contributed by atoms with Gasteiger partial charge in [-0.15, -0.1) is 0 Å². The number of rotatable bonds is 9. The summed E-state index contributed by atoms with van der Waals surface area (Å²) in [5.74, 6) is 0.417. The fraction of sp³-hybridized carbons (Fsp3) is 0.375. The minimum Gasteiger partial charge on any atom is -0.457 e. The maximum absolute atomic E-state index is 12.7. The monoisotopic (exact) mass is 406 g/mol. The minimum absolute atomic E-state index is 0.0750. The lowest BCUT2D eigenvalue weighted by molar-refractivity contribution is -0.149. The zero-order valence-corrected chi connectivity index (χ0v) is 17.4. The highest BCUT2D eigenvalue weighted by molar-refractivity contribution is 5.85. The first-order valence-electron chi connectivity index (χ1n) is 10.1. The topological polar surface area (TPSA) is 80.9 Å². The van der Waals surface area contributed by atoms with E-state index >= 15 is 0 Å². The molecule has 0 spiro atoms. The van der Waals surface area contributed by atoms with Gasteiger partial charge in [0, 0.05) is 17.7 Å². The van der Waals surface area contributed by atoms with E-state index in [1.807, 2.05) is 51.1 Å². The van der Waals surface area contributed by atoms with Gasteiger partial charge in [-0.05, 0) is 36.1 Å². The first kappa shape index (κ1) is 21.4. The maximum atomic E-state index is 12.7. The van der Waals surface area contributed by atoms with Gasteiger partial charge in [0.25, 0.3) is 0 Å². The lowest BCUT2D eigenvalue weighted by Crippen LogP contribution is -2.14. The summed E-state index contributed by atoms with van der Waals surface area (Å²) >= 11 is 0. The second-order valence-corrected chi connectivity index (χ2v) is 7.85. The minimum atomic E-state index is -1.01. The third kappa shape index (κ3) is 4.98. The number of hydrogen-bond acceptors (Lipinski definition) is 6. The van der Waals surface area contributed by atoms with Crippen LogP contribution in [0.5, 0.6) is 11.5 Å². The molecule has 1 fully saturated rings. The normalized spacial score (nSPS) is 20.2. The van der Waals surface area contributed by atoms with Gasteiger partial charge in [0.15, 0.2) is 0 Å². The van der Waals surface area contributed by atoms with E-state index in [1.165, 1.54) is 0 Å². The van der Waals surface area contributed by atoms with E-state index in [2.05, 4.69) is 11.2 Å². The van der Waals surface area contributed by atoms with E-state index in [0.29, 0.717) is 23.7 Å². The number of hydrogen-bond donors (Lipinski definition) is 0. The molecule has 3 atom stereocenters. The van der Waals surface area contributed by atoms with E-state index in [0.717, 1.165) is 6.42 Å². The number of benzene rings is 2. The first-order chi connectivity index (χ1) is 14.5. The van der Waals surface area contributed by atoms with Crippen LogP contribution in [0, 0.1) is 28.6 Å². The van der Waals surface area contributed by atoms with Gasteiger partial charge in [0.1, 0.15) is 24.2 Å². The molecule has 3 rings (SSSR count). The van der Waals surface area contributed by atoms with E-state index in [9.17, 15) is 10.1 Å². The second kappa shape index (κ2) is 9.45. The van der Waals surface area contributed by atoms with Crippen molar-refractivity contribution in [3.8, 4) is 17.6 Å². The molecule has 2 aromatic rings. The zero-order valence-electron chi connectivity index (χ0n) is 17.4. The number of oxime groups is 1. The number of carbonyl (C=O) groups excluding carboxylic acids is 1. The Hall–Kier alpha value is -3.33. The fourth-order valence-electron chi connectivity index (χ4n) is 3.38. The molecule has 6 nitrogen and oxygen atoms in total. The molecule has 0 radical (unpaired) electrons. The Balaban J connectivity index is 1.65. The molecule has 0 heterocycles. The van der Waals surface area contributed by atoms with Crippen LogP contribution in [-0.4, -0.2) is 18.8 Å². The van der Waals surface area contributed by atoms with Crippen LogP contribution in [0.2, 0.25) is 0 Å². The number of para-hydroxylation sites is 1. The van der Waals surface area contributed by atoms with Crippen LogP contribution in [0.15, 0.2) is 59.8 Å². The largest absolute Gasteiger partial charge is 0.457 e. The van der Waals surface area contributed by atoms with E-state index in [1.54, 1.807) is 30.5 Å². The number of ether oxygens (including phenoxy) is 2. The molecule has 0 amide bonds. The van der Waals surface area contributed by atoms with Crippen molar-refractivity contribution in [2.75, 3.05) is 6.61 Å². The van der Waals surface area contributed by atoms with Crippen LogP contribution in [0.1, 0.15) is 38.9 Å². The molecule has 1 aliphatic carbocycles. The summed E-state index contributed by atoms with van der Waals surface area (Å²) in [5.41, 5.74) is 0.281. The molecule has 0 N–H and O–H groups in total. The van der Waals surface area contributed by atoms with Crippen LogP contribution in [-0.2, 0) is 14.4 Å². The molecule has 2 aromatic carbocycles. The Morgan fingerprint density at radius 2 is 1.93 bits per heavy atom. The van der Waals surface area contributed by atoms with E-state index < -0.39 is 12.1 Å². The Bertz CT molecular complexity index is 934. The molecule has 1 unspecified atom stereocenters. The molecular weight excluding hydrogens is 380 g/mol. The smallest absolute Gasteiger partial charge is 0.311 e. The van der Waals surface area contributed by atoms with Gasteiger partial charge < -0.3 is 14.3 Å². The van der Waals surface area contributed by atoms with Crippen molar-refractivity contribution in [1.29, 1.82) is 5.26 Å². The van der Waals surface area contributed by atoms with Gasteiger partial charge in [0.2, 0.25) is 6.10 Å². The Morgan fingerprint density at radius 1 is 1.20 bits per heavy atom. The summed E-state index contributed by atoms with van der Waals surface area (Å²) in [5, 5.41) is 13.5. The van der Waals surface area contributed by atoms with Crippen LogP contribution in [0.25, 0.3) is 0 Å². The van der Waals surface area contributed by atoms with Gasteiger partial charge >= 0.3 is 5.97 Å². The average Bonchev–Trinajstić information content (AvgIpc) is 3.30. The number of carbonyl (C=O) groups is 1. The molecule has 1 saturated carbocycles. The van der Waals surface area contributed by atoms with Crippen molar-refractivity contribution < 1.29 is 19.1 Å². The van der Waals surface area contributed by atoms with Crippen LogP contribution >= 0.6 is 0 Å². The maximum Gasteiger partial charge on any atom is 0.311 e. The van der Waals surface area contributed by atoms with Crippen molar-refractivity contribution in [2.24, 2.45) is 22.4 Å². The quantitative estimate of drug-likeness (QED) is 0.245. The summed E-state index contributed by atoms with van der Waals surface area (Å²) < 4.78 is 11.4. The Morgan fingerprint density at radius 3 is 2.63 bits per heavy atom. The van der Waals surface area contributed by atoms with Crippen LogP contribution in [0.4, 0.5) is 0 Å². The summed E-state index contributed by atoms with van der Waals surface area (Å²) in [6, 6.07) is 18.4. The fourth-order valence-corrected chi connectivity index (χ4v) is 3.38. The molecule has 156 valence electrons. The lowest BCUT2D eigenvalue weighted by Gasteiger charge is -2.13. The predicted octanol–water partition coefficient (Wildman–Crippen LogP) is 5.27. The number of esters is 1. The molecule has 0 aromatic heterocycles. The standard InChI is InChI=1S/C24H26N2O4/c1-4-13-28-26-16-20-22(24(20,2)3)23(27)30-21(15-25)17-9-8-12-19(14-17)29-18-10-6-5-7-11-18/h5-12,14,16,20-22H,4,13H2,1-3H3/t20-,21?,22-/m0/s1. The predicted molar refractivity (Wildman–Crippen MR) is 113 cm³/mol. The molecule has 0 bridgehead atoms. The van der Waals surface area contributed by atoms with Gasteiger partial charge in [-0.25, -0.2) is 0 Å². The van der Waals surface area contributed by atoms with Crippen molar-refractivity contribution in [2.45, 2.75) is 33.3 Å². The molecule has 0 aliphatic heterocycles. The van der Waals surface area contributed by atoms with Gasteiger partial charge in [-0.3, -0.25) is 4.79 Å². The van der Waals surface area contributed by atoms with Crippen molar-refractivity contribution in [1.82, 2.24) is 0 Å². The second-order valence-electron chi connectivity index (χ2n) is 7.85. The molecular formula is C24H26N2O4. The van der Waals surface area contributed by atoms with Crippen LogP contribution in [0.3, 0.4) is 0 Å². The average molecular weight is 406 g/mol. The van der Waals surface area contributed by atoms with Gasteiger partial charge in [-0.1, -0.05) is 56.3 Å². The SMILES string of the molecule is CCCON=C[C@H]1[C@@H](C(=O)OC(C#N)c2cccc(Oc3ccccc3)c2)C1(C)C. The summed E-state index contributed by atoms with van der Waals surface area (Å²) in [6.45, 7) is 6.49. The van der Waals surface area contributed by atoms with Crippen LogP contribution < -0.4 is 4.74 Å². The van der Waals surface area contributed by atoms with Crippen molar-refractivity contribution in [3.05, 3.63) is 60.2 Å². The Kier molecular flexibility index (Phi) is 6.73.